The molecule has 3 heteroatoms. The van der Waals surface area contributed by atoms with E-state index in [9.17, 15) is 4.79 Å². The second-order valence-electron chi connectivity index (χ2n) is 3.21. The van der Waals surface area contributed by atoms with Gasteiger partial charge in [-0.1, -0.05) is 0 Å². The first kappa shape index (κ1) is 6.16. The van der Waals surface area contributed by atoms with Crippen molar-refractivity contribution in [3.8, 4) is 0 Å². The molecule has 1 spiro atoms. The highest BCUT2D eigenvalue weighted by atomic mass is 16.2. The minimum Gasteiger partial charge on any atom is -0.356 e. The molecule has 2 N–H and O–H groups in total. The fourth-order valence-corrected chi connectivity index (χ4v) is 1.87. The predicted molar refractivity (Wildman–Crippen MR) is 37.5 cm³/mol. The summed E-state index contributed by atoms with van der Waals surface area (Å²) in [4.78, 5) is 11.2. The number of nitrogens with one attached hydrogen (secondary N) is 2. The molecule has 3 nitrogen and oxygen atoms in total. The Labute approximate surface area is 60.2 Å². The van der Waals surface area contributed by atoms with Crippen LogP contribution >= 0.6 is 0 Å². The molecule has 10 heavy (non-hydrogen) atoms. The van der Waals surface area contributed by atoms with Crippen LogP contribution in [0.25, 0.3) is 0 Å². The van der Waals surface area contributed by atoms with Crippen molar-refractivity contribution in [3.63, 3.8) is 0 Å². The van der Waals surface area contributed by atoms with Crippen LogP contribution in [0.2, 0.25) is 0 Å². The average molecular weight is 140 g/mol. The normalized spacial score (nSPS) is 39.0. The summed E-state index contributed by atoms with van der Waals surface area (Å²) in [5.41, 5.74) is -0.0139. The van der Waals surface area contributed by atoms with Crippen LogP contribution in [0.4, 0.5) is 0 Å². The molecule has 0 aromatic rings. The highest BCUT2D eigenvalue weighted by Crippen LogP contribution is 2.32. The first-order valence-corrected chi connectivity index (χ1v) is 3.83. The van der Waals surface area contributed by atoms with Gasteiger partial charge in [0.25, 0.3) is 0 Å². The van der Waals surface area contributed by atoms with Crippen molar-refractivity contribution >= 4 is 5.91 Å². The summed E-state index contributed by atoms with van der Waals surface area (Å²) in [6.45, 7) is 2.77. The summed E-state index contributed by atoms with van der Waals surface area (Å²) in [6.07, 6.45) is 2.05. The van der Waals surface area contributed by atoms with Gasteiger partial charge < -0.3 is 10.6 Å². The smallest absolute Gasteiger partial charge is 0.227 e. The number of hydrogen-bond donors (Lipinski definition) is 2. The molecule has 2 rings (SSSR count). The summed E-state index contributed by atoms with van der Waals surface area (Å²) in [5, 5.41) is 6.10. The van der Waals surface area contributed by atoms with Gasteiger partial charge in [0.15, 0.2) is 0 Å². The Morgan fingerprint density at radius 3 is 2.60 bits per heavy atom. The van der Waals surface area contributed by atoms with Crippen molar-refractivity contribution < 1.29 is 4.79 Å². The molecule has 0 bridgehead atoms. The van der Waals surface area contributed by atoms with E-state index in [1.54, 1.807) is 0 Å². The van der Waals surface area contributed by atoms with Crippen molar-refractivity contribution in [2.75, 3.05) is 19.6 Å². The van der Waals surface area contributed by atoms with Crippen molar-refractivity contribution in [2.24, 2.45) is 5.41 Å². The fraction of sp³-hybridized carbons (Fsp3) is 0.857. The molecule has 1 atom stereocenters. The highest BCUT2D eigenvalue weighted by molar-refractivity contribution is 5.85. The quantitative estimate of drug-likeness (QED) is 0.475. The van der Waals surface area contributed by atoms with Gasteiger partial charge >= 0.3 is 0 Å². The van der Waals surface area contributed by atoms with Gasteiger partial charge in [0.1, 0.15) is 0 Å². The highest BCUT2D eigenvalue weighted by Gasteiger charge is 2.44. The Morgan fingerprint density at radius 2 is 2.10 bits per heavy atom. The molecular formula is C7H12N2O. The van der Waals surface area contributed by atoms with Gasteiger partial charge in [0, 0.05) is 13.1 Å². The van der Waals surface area contributed by atoms with E-state index in [0.717, 1.165) is 32.5 Å². The molecule has 0 unspecified atom stereocenters. The van der Waals surface area contributed by atoms with Gasteiger partial charge in [-0.25, -0.2) is 0 Å². The Morgan fingerprint density at radius 1 is 1.30 bits per heavy atom. The topological polar surface area (TPSA) is 41.1 Å². The summed E-state index contributed by atoms with van der Waals surface area (Å²) >= 11 is 0. The van der Waals surface area contributed by atoms with E-state index in [1.165, 1.54) is 0 Å². The van der Waals surface area contributed by atoms with Crippen LogP contribution in [-0.4, -0.2) is 25.5 Å². The Hall–Kier alpha value is -0.570. The van der Waals surface area contributed by atoms with Crippen LogP contribution in [0.15, 0.2) is 0 Å². The van der Waals surface area contributed by atoms with Gasteiger partial charge in [0.2, 0.25) is 5.91 Å². The molecule has 2 heterocycles. The molecule has 0 aromatic carbocycles. The molecule has 0 aromatic heterocycles. The van der Waals surface area contributed by atoms with Gasteiger partial charge in [-0.2, -0.15) is 0 Å². The van der Waals surface area contributed by atoms with E-state index in [-0.39, 0.29) is 11.3 Å². The van der Waals surface area contributed by atoms with Gasteiger partial charge in [-0.05, 0) is 19.4 Å². The maximum absolute atomic E-state index is 11.2. The molecule has 2 aliphatic heterocycles. The number of carbonyl (C=O) groups excluding carboxylic acids is 1. The lowest BCUT2D eigenvalue weighted by atomic mass is 9.86. The summed E-state index contributed by atoms with van der Waals surface area (Å²) in [7, 11) is 0. The van der Waals surface area contributed by atoms with Gasteiger partial charge in [0.05, 0.1) is 5.41 Å². The molecule has 0 aliphatic carbocycles. The van der Waals surface area contributed by atoms with Crippen LogP contribution < -0.4 is 10.6 Å². The zero-order chi connectivity index (χ0) is 7.03. The average Bonchev–Trinajstić information content (AvgIpc) is 2.48. The Balaban J connectivity index is 2.19. The minimum atomic E-state index is -0.0139. The van der Waals surface area contributed by atoms with Crippen molar-refractivity contribution in [3.05, 3.63) is 0 Å². The molecule has 56 valence electrons. The van der Waals surface area contributed by atoms with Crippen molar-refractivity contribution in [1.82, 2.24) is 10.6 Å². The maximum atomic E-state index is 11.2. The van der Waals surface area contributed by atoms with Gasteiger partial charge in [-0.3, -0.25) is 4.79 Å². The number of rotatable bonds is 0. The first-order valence-electron chi connectivity index (χ1n) is 3.83. The van der Waals surface area contributed by atoms with E-state index in [1.807, 2.05) is 0 Å². The lowest BCUT2D eigenvalue weighted by molar-refractivity contribution is -0.126. The lowest BCUT2D eigenvalue weighted by Crippen LogP contribution is -2.32. The summed E-state index contributed by atoms with van der Waals surface area (Å²) in [5.74, 6) is 0.262. The van der Waals surface area contributed by atoms with Crippen molar-refractivity contribution in [2.45, 2.75) is 12.8 Å². The number of carbonyl (C=O) groups is 1. The molecule has 2 saturated heterocycles. The zero-order valence-electron chi connectivity index (χ0n) is 5.94. The van der Waals surface area contributed by atoms with E-state index in [0.29, 0.717) is 0 Å². The second-order valence-corrected chi connectivity index (χ2v) is 3.21. The van der Waals surface area contributed by atoms with E-state index < -0.39 is 0 Å². The van der Waals surface area contributed by atoms with Crippen molar-refractivity contribution in [1.29, 1.82) is 0 Å². The van der Waals surface area contributed by atoms with Crippen LogP contribution in [0.5, 0.6) is 0 Å². The standard InChI is InChI=1S/C7H12N2O/c10-6-7(2-4-9-6)1-3-8-5-7/h8H,1-5H2,(H,9,10)/t7-/m1/s1. The Bertz CT molecular complexity index is 155. The SMILES string of the molecule is O=C1NCC[C@@]12CCNC2. The monoisotopic (exact) mass is 140 g/mol. The van der Waals surface area contributed by atoms with E-state index >= 15 is 0 Å². The van der Waals surface area contributed by atoms with Crippen LogP contribution in [0, 0.1) is 5.41 Å². The summed E-state index contributed by atoms with van der Waals surface area (Å²) < 4.78 is 0. The van der Waals surface area contributed by atoms with Crippen LogP contribution in [-0.2, 0) is 4.79 Å². The third-order valence-corrected chi connectivity index (χ3v) is 2.61. The predicted octanol–water partition coefficient (Wildman–Crippen LogP) is -0.514. The summed E-state index contributed by atoms with van der Waals surface area (Å²) in [6, 6.07) is 0. The molecule has 1 amide bonds. The molecule has 2 aliphatic rings. The zero-order valence-corrected chi connectivity index (χ0v) is 5.94. The minimum absolute atomic E-state index is 0.0139. The Kier molecular flexibility index (Phi) is 1.20. The second kappa shape index (κ2) is 1.95. The number of amides is 1. The molecular weight excluding hydrogens is 128 g/mol. The molecule has 0 saturated carbocycles. The third kappa shape index (κ3) is 0.669. The number of hydrogen-bond acceptors (Lipinski definition) is 2. The van der Waals surface area contributed by atoms with Crippen LogP contribution in [0.1, 0.15) is 12.8 Å². The molecule has 0 radical (unpaired) electrons. The van der Waals surface area contributed by atoms with E-state index in [2.05, 4.69) is 10.6 Å². The van der Waals surface area contributed by atoms with Gasteiger partial charge in [-0.15, -0.1) is 0 Å². The van der Waals surface area contributed by atoms with Crippen LogP contribution in [0.3, 0.4) is 0 Å². The van der Waals surface area contributed by atoms with E-state index in [4.69, 9.17) is 0 Å². The first-order chi connectivity index (χ1) is 4.83. The third-order valence-electron chi connectivity index (χ3n) is 2.61. The maximum Gasteiger partial charge on any atom is 0.227 e. The molecule has 2 fully saturated rings. The largest absolute Gasteiger partial charge is 0.356 e. The fourth-order valence-electron chi connectivity index (χ4n) is 1.87. The lowest BCUT2D eigenvalue weighted by Gasteiger charge is -2.16.